The smallest absolute Gasteiger partial charge is 0.188 e. The lowest BCUT2D eigenvalue weighted by atomic mass is 10.0. The van der Waals surface area contributed by atoms with Crippen LogP contribution in [0.15, 0.2) is 176 Å². The molecule has 3 aromatic heterocycles. The highest BCUT2D eigenvalue weighted by Crippen LogP contribution is 2.41. The molecule has 5 nitrogen and oxygen atoms in total. The zero-order chi connectivity index (χ0) is 36.6. The molecule has 0 aliphatic rings. The fraction of sp³-hybridized carbons (Fsp3) is 0. The van der Waals surface area contributed by atoms with Crippen LogP contribution in [0, 0.1) is 17.9 Å². The van der Waals surface area contributed by atoms with Crippen molar-refractivity contribution >= 4 is 71.1 Å². The van der Waals surface area contributed by atoms with E-state index in [4.69, 9.17) is 6.57 Å². The molecule has 0 N–H and O–H groups in total. The number of benzene rings is 8. The Bertz CT molecular complexity index is 3450. The summed E-state index contributed by atoms with van der Waals surface area (Å²) in [6.45, 7) is 7.74. The minimum absolute atomic E-state index is 0.634. The Balaban J connectivity index is 1.12. The van der Waals surface area contributed by atoms with Crippen LogP contribution in [0.5, 0.6) is 0 Å². The molecule has 0 amide bonds. The van der Waals surface area contributed by atoms with Gasteiger partial charge in [-0.25, -0.2) is 4.85 Å². The van der Waals surface area contributed by atoms with Crippen molar-refractivity contribution in [3.05, 3.63) is 193 Å². The number of fused-ring (bicyclic) bond motifs is 9. The highest BCUT2D eigenvalue weighted by molar-refractivity contribution is 6.19. The van der Waals surface area contributed by atoms with Gasteiger partial charge >= 0.3 is 0 Å². The summed E-state index contributed by atoms with van der Waals surface area (Å²) in [6, 6.07) is 63.9. The van der Waals surface area contributed by atoms with Crippen LogP contribution in [-0.4, -0.2) is 13.7 Å². The molecule has 0 atom stereocenters. The summed E-state index contributed by atoms with van der Waals surface area (Å²) >= 11 is 0. The van der Waals surface area contributed by atoms with Gasteiger partial charge in [-0.05, 0) is 108 Å². The standard InChI is InChI=1S/C50H29N5/c1-52-35-22-24-48-42(28-35)44-29-43-40-18-6-8-20-46(40)55(49(43)30-50(44)53(48)36-13-3-2-4-14-36)38-16-10-12-34(27-38)33-11-9-15-37(26-33)54-45-19-7-5-17-39(45)41-25-32(31-51)21-23-47(41)54/h2-30H. The fourth-order valence-corrected chi connectivity index (χ4v) is 8.64. The van der Waals surface area contributed by atoms with Gasteiger partial charge in [0, 0.05) is 44.0 Å². The Morgan fingerprint density at radius 2 is 0.873 bits per heavy atom. The monoisotopic (exact) mass is 699 g/mol. The second kappa shape index (κ2) is 11.8. The van der Waals surface area contributed by atoms with Crippen LogP contribution in [0.1, 0.15) is 5.56 Å². The van der Waals surface area contributed by atoms with E-state index in [1.54, 1.807) is 0 Å². The van der Waals surface area contributed by atoms with Gasteiger partial charge in [0.25, 0.3) is 0 Å². The first kappa shape index (κ1) is 30.7. The second-order valence-corrected chi connectivity index (χ2v) is 14.0. The van der Waals surface area contributed by atoms with Gasteiger partial charge in [0.2, 0.25) is 0 Å². The van der Waals surface area contributed by atoms with Crippen molar-refractivity contribution in [3.8, 4) is 34.3 Å². The molecule has 0 saturated heterocycles. The van der Waals surface area contributed by atoms with Crippen LogP contribution < -0.4 is 0 Å². The number of hydrogen-bond donors (Lipinski definition) is 0. The number of para-hydroxylation sites is 3. The Kier molecular flexibility index (Phi) is 6.61. The predicted molar refractivity (Wildman–Crippen MR) is 226 cm³/mol. The SMILES string of the molecule is [C-]#[N+]c1ccc2c(c1)c1cc3c4ccccc4n(-c4cccc(-c5cccc(-n6c7ccccc7c7cc(C#N)ccc76)c5)c4)c3cc1n2-c1ccccc1. The van der Waals surface area contributed by atoms with Crippen LogP contribution >= 0.6 is 0 Å². The lowest BCUT2D eigenvalue weighted by Crippen LogP contribution is -1.97. The van der Waals surface area contributed by atoms with Crippen LogP contribution in [0.4, 0.5) is 5.69 Å². The summed E-state index contributed by atoms with van der Waals surface area (Å²) in [5.41, 5.74) is 13.3. The highest BCUT2D eigenvalue weighted by atomic mass is 15.0. The maximum Gasteiger partial charge on any atom is 0.188 e. The molecule has 0 spiro atoms. The number of aromatic nitrogens is 3. The first-order valence-corrected chi connectivity index (χ1v) is 18.3. The molecule has 254 valence electrons. The first-order valence-electron chi connectivity index (χ1n) is 18.3. The molecule has 55 heavy (non-hydrogen) atoms. The third-order valence-electron chi connectivity index (χ3n) is 11.0. The lowest BCUT2D eigenvalue weighted by Gasteiger charge is -2.13. The maximum atomic E-state index is 9.65. The highest BCUT2D eigenvalue weighted by Gasteiger charge is 2.19. The summed E-state index contributed by atoms with van der Waals surface area (Å²) in [4.78, 5) is 3.78. The van der Waals surface area contributed by atoms with E-state index >= 15 is 0 Å². The van der Waals surface area contributed by atoms with Crippen LogP contribution in [-0.2, 0) is 0 Å². The van der Waals surface area contributed by atoms with E-state index in [1.165, 1.54) is 10.8 Å². The predicted octanol–water partition coefficient (Wildman–Crippen LogP) is 13.1. The Labute approximate surface area is 316 Å². The van der Waals surface area contributed by atoms with Crippen molar-refractivity contribution < 1.29 is 0 Å². The van der Waals surface area contributed by atoms with Gasteiger partial charge in [-0.3, -0.25) is 0 Å². The molecule has 0 fully saturated rings. The van der Waals surface area contributed by atoms with Gasteiger partial charge < -0.3 is 13.7 Å². The van der Waals surface area contributed by atoms with Gasteiger partial charge in [0.05, 0.1) is 51.3 Å². The van der Waals surface area contributed by atoms with Gasteiger partial charge in [-0.2, -0.15) is 5.26 Å². The first-order chi connectivity index (χ1) is 27.2. The molecule has 0 unspecified atom stereocenters. The van der Waals surface area contributed by atoms with Crippen LogP contribution in [0.3, 0.4) is 0 Å². The minimum atomic E-state index is 0.634. The zero-order valence-corrected chi connectivity index (χ0v) is 29.5. The lowest BCUT2D eigenvalue weighted by molar-refractivity contribution is 1.16. The summed E-state index contributed by atoms with van der Waals surface area (Å²) in [6.07, 6.45) is 0. The fourth-order valence-electron chi connectivity index (χ4n) is 8.64. The average molecular weight is 700 g/mol. The Morgan fingerprint density at radius 1 is 0.382 bits per heavy atom. The van der Waals surface area contributed by atoms with Crippen molar-refractivity contribution in [2.75, 3.05) is 0 Å². The van der Waals surface area contributed by atoms with Crippen LogP contribution in [0.2, 0.25) is 0 Å². The molecule has 0 radical (unpaired) electrons. The largest absolute Gasteiger partial charge is 0.309 e. The molecule has 11 rings (SSSR count). The van der Waals surface area contributed by atoms with E-state index in [0.717, 1.165) is 82.8 Å². The number of nitrogens with zero attached hydrogens (tertiary/aromatic N) is 5. The Hall–Kier alpha value is -7.86. The van der Waals surface area contributed by atoms with E-state index in [1.807, 2.05) is 30.3 Å². The van der Waals surface area contributed by atoms with Crippen molar-refractivity contribution in [2.24, 2.45) is 0 Å². The molecule has 0 bridgehead atoms. The van der Waals surface area contributed by atoms with E-state index in [2.05, 4.69) is 170 Å². The molecule has 3 heterocycles. The molecule has 0 aliphatic heterocycles. The molecule has 5 heteroatoms. The molecule has 11 aromatic rings. The van der Waals surface area contributed by atoms with Gasteiger partial charge in [-0.1, -0.05) is 84.9 Å². The number of rotatable bonds is 4. The van der Waals surface area contributed by atoms with Crippen molar-refractivity contribution in [1.82, 2.24) is 13.7 Å². The number of hydrogen-bond acceptors (Lipinski definition) is 1. The second-order valence-electron chi connectivity index (χ2n) is 14.0. The molecule has 8 aromatic carbocycles. The third kappa shape index (κ3) is 4.58. The quantitative estimate of drug-likeness (QED) is 0.169. The Morgan fingerprint density at radius 3 is 1.51 bits per heavy atom. The van der Waals surface area contributed by atoms with Gasteiger partial charge in [-0.15, -0.1) is 0 Å². The van der Waals surface area contributed by atoms with E-state index in [0.29, 0.717) is 11.3 Å². The van der Waals surface area contributed by atoms with Crippen molar-refractivity contribution in [1.29, 1.82) is 5.26 Å². The normalized spacial score (nSPS) is 11.6. The summed E-state index contributed by atoms with van der Waals surface area (Å²) in [5, 5.41) is 16.4. The van der Waals surface area contributed by atoms with Crippen molar-refractivity contribution in [3.63, 3.8) is 0 Å². The third-order valence-corrected chi connectivity index (χ3v) is 11.0. The molecule has 0 aliphatic carbocycles. The molecule has 0 saturated carbocycles. The van der Waals surface area contributed by atoms with Crippen molar-refractivity contribution in [2.45, 2.75) is 0 Å². The van der Waals surface area contributed by atoms with E-state index < -0.39 is 0 Å². The van der Waals surface area contributed by atoms with Gasteiger partial charge in [0.15, 0.2) is 5.69 Å². The van der Waals surface area contributed by atoms with Gasteiger partial charge in [0.1, 0.15) is 0 Å². The number of nitriles is 1. The van der Waals surface area contributed by atoms with E-state index in [9.17, 15) is 5.26 Å². The van der Waals surface area contributed by atoms with E-state index in [-0.39, 0.29) is 0 Å². The molecular weight excluding hydrogens is 671 g/mol. The topological polar surface area (TPSA) is 42.9 Å². The minimum Gasteiger partial charge on any atom is -0.309 e. The molecular formula is C50H29N5. The zero-order valence-electron chi connectivity index (χ0n) is 29.5. The summed E-state index contributed by atoms with van der Waals surface area (Å²) in [5.74, 6) is 0. The van der Waals surface area contributed by atoms with Crippen LogP contribution in [0.25, 0.3) is 98.5 Å². The average Bonchev–Trinajstić information content (AvgIpc) is 3.87. The summed E-state index contributed by atoms with van der Waals surface area (Å²) < 4.78 is 7.00. The summed E-state index contributed by atoms with van der Waals surface area (Å²) in [7, 11) is 0. The maximum absolute atomic E-state index is 9.65.